The largest absolute Gasteiger partial charge is 0.469 e. The molecule has 0 radical (unpaired) electrons. The molecule has 0 saturated carbocycles. The Bertz CT molecular complexity index is 1280. The molecular formula is C25H23Cl5N2O7. The number of hydrogen-bond acceptors (Lipinski definition) is 9. The Morgan fingerprint density at radius 3 is 1.85 bits per heavy atom. The first-order valence-electron chi connectivity index (χ1n) is 10.7. The molecule has 210 valence electrons. The van der Waals surface area contributed by atoms with Gasteiger partial charge in [0, 0.05) is 11.1 Å². The standard InChI is InChI=1S/C12H11Cl2NO.C7H4Cl3NO.C5H8O3.CO2/c1-3-8-7(2)16-15-12(8)11-9(13)5-4-6-10(11)14;8-4-2-1-3-5(9)6(4)7(10)11-12;1-4(6)3-5(7)8-2;2-1-3/h4-6H,3H2,1-2H3;1-3,12H;3H2,1-2H3;/b;11-7+;;. The minimum absolute atomic E-state index is 0.115. The van der Waals surface area contributed by atoms with Gasteiger partial charge in [-0.05, 0) is 44.5 Å². The summed E-state index contributed by atoms with van der Waals surface area (Å²) in [6.07, 6.45) is 0.975. The molecule has 0 fully saturated rings. The Morgan fingerprint density at radius 1 is 1.03 bits per heavy atom. The van der Waals surface area contributed by atoms with Gasteiger partial charge in [0.1, 0.15) is 23.7 Å². The molecule has 0 aliphatic rings. The van der Waals surface area contributed by atoms with Gasteiger partial charge >= 0.3 is 12.1 Å². The van der Waals surface area contributed by atoms with Crippen LogP contribution in [0.1, 0.15) is 37.2 Å². The molecule has 0 amide bonds. The fourth-order valence-electron chi connectivity index (χ4n) is 2.75. The van der Waals surface area contributed by atoms with Crippen molar-refractivity contribution in [3.05, 3.63) is 73.4 Å². The normalized spacial score (nSPS) is 9.92. The van der Waals surface area contributed by atoms with E-state index in [9.17, 15) is 9.59 Å². The molecule has 9 nitrogen and oxygen atoms in total. The highest BCUT2D eigenvalue weighted by Gasteiger charge is 2.18. The molecule has 0 bridgehead atoms. The van der Waals surface area contributed by atoms with Crippen LogP contribution in [0.15, 0.2) is 46.1 Å². The second kappa shape index (κ2) is 19.2. The van der Waals surface area contributed by atoms with Crippen molar-refractivity contribution in [1.82, 2.24) is 5.16 Å². The number of halogens is 5. The van der Waals surface area contributed by atoms with Gasteiger partial charge in [-0.3, -0.25) is 9.59 Å². The molecule has 0 saturated heterocycles. The summed E-state index contributed by atoms with van der Waals surface area (Å²) in [5, 5.41) is 17.0. The van der Waals surface area contributed by atoms with Gasteiger partial charge in [-0.1, -0.05) is 87.4 Å². The Kier molecular flexibility index (Phi) is 17.8. The van der Waals surface area contributed by atoms with Crippen molar-refractivity contribution in [2.24, 2.45) is 5.16 Å². The molecule has 3 aromatic rings. The predicted molar refractivity (Wildman–Crippen MR) is 149 cm³/mol. The van der Waals surface area contributed by atoms with Gasteiger partial charge in [-0.15, -0.1) is 0 Å². The number of methoxy groups -OCH3 is 1. The first-order chi connectivity index (χ1) is 18.4. The van der Waals surface area contributed by atoms with Gasteiger partial charge in [0.15, 0.2) is 5.17 Å². The second-order valence-electron chi connectivity index (χ2n) is 7.04. The molecule has 14 heteroatoms. The van der Waals surface area contributed by atoms with Gasteiger partial charge in [-0.25, -0.2) is 0 Å². The van der Waals surface area contributed by atoms with E-state index >= 15 is 0 Å². The number of ketones is 1. The van der Waals surface area contributed by atoms with Crippen LogP contribution in [0.25, 0.3) is 11.3 Å². The molecule has 1 N–H and O–H groups in total. The zero-order chi connectivity index (χ0) is 30.1. The van der Waals surface area contributed by atoms with Gasteiger partial charge in [-0.2, -0.15) is 9.59 Å². The number of benzene rings is 2. The molecule has 3 rings (SSSR count). The molecule has 0 aliphatic heterocycles. The number of esters is 1. The summed E-state index contributed by atoms with van der Waals surface area (Å²) in [6, 6.07) is 10.3. The van der Waals surface area contributed by atoms with Gasteiger partial charge < -0.3 is 14.5 Å². The average Bonchev–Trinajstić information content (AvgIpc) is 3.24. The number of carbonyl (C=O) groups is 2. The summed E-state index contributed by atoms with van der Waals surface area (Å²) in [4.78, 5) is 36.5. The highest BCUT2D eigenvalue weighted by molar-refractivity contribution is 6.71. The van der Waals surface area contributed by atoms with Crippen molar-refractivity contribution in [1.29, 1.82) is 0 Å². The zero-order valence-corrected chi connectivity index (χ0v) is 24.8. The molecule has 1 aromatic heterocycles. The van der Waals surface area contributed by atoms with Crippen LogP contribution in [0.4, 0.5) is 0 Å². The Balaban J connectivity index is 0.000000557. The minimum Gasteiger partial charge on any atom is -0.469 e. The third kappa shape index (κ3) is 12.2. The maximum Gasteiger partial charge on any atom is 0.373 e. The predicted octanol–water partition coefficient (Wildman–Crippen LogP) is 7.44. The molecule has 0 atom stereocenters. The Morgan fingerprint density at radius 2 is 1.49 bits per heavy atom. The molecule has 0 aliphatic carbocycles. The fraction of sp³-hybridized carbons (Fsp3) is 0.240. The quantitative estimate of drug-likeness (QED) is 0.0999. The maximum atomic E-state index is 10.2. The summed E-state index contributed by atoms with van der Waals surface area (Å²) < 4.78 is 9.38. The molecule has 0 spiro atoms. The minimum atomic E-state index is -0.475. The molecule has 0 unspecified atom stereocenters. The number of aryl methyl sites for hydroxylation is 1. The average molecular weight is 641 g/mol. The van der Waals surface area contributed by atoms with Crippen molar-refractivity contribution in [2.45, 2.75) is 33.6 Å². The van der Waals surface area contributed by atoms with Crippen LogP contribution in [-0.2, 0) is 30.3 Å². The lowest BCUT2D eigenvalue weighted by molar-refractivity contribution is -0.191. The van der Waals surface area contributed by atoms with Crippen molar-refractivity contribution >= 4 is 81.1 Å². The van der Waals surface area contributed by atoms with Crippen molar-refractivity contribution in [3.63, 3.8) is 0 Å². The molecule has 2 aromatic carbocycles. The van der Waals surface area contributed by atoms with Crippen LogP contribution >= 0.6 is 58.0 Å². The molecule has 1 heterocycles. The molecule has 39 heavy (non-hydrogen) atoms. The lowest BCUT2D eigenvalue weighted by Crippen LogP contribution is -2.05. The monoisotopic (exact) mass is 638 g/mol. The Hall–Kier alpha value is -2.91. The van der Waals surface area contributed by atoms with Crippen molar-refractivity contribution < 1.29 is 33.6 Å². The van der Waals surface area contributed by atoms with E-state index in [1.807, 2.05) is 19.9 Å². The second-order valence-corrected chi connectivity index (χ2v) is 9.03. The number of rotatable bonds is 5. The van der Waals surface area contributed by atoms with Crippen LogP contribution in [-0.4, -0.2) is 40.5 Å². The third-order valence-corrected chi connectivity index (χ3v) is 5.94. The van der Waals surface area contributed by atoms with Gasteiger partial charge in [0.25, 0.3) is 0 Å². The maximum absolute atomic E-state index is 10.2. The van der Waals surface area contributed by atoms with E-state index in [1.165, 1.54) is 14.0 Å². The van der Waals surface area contributed by atoms with Gasteiger partial charge in [0.2, 0.25) is 0 Å². The van der Waals surface area contributed by atoms with Crippen LogP contribution in [0.5, 0.6) is 0 Å². The first-order valence-corrected chi connectivity index (χ1v) is 12.6. The lowest BCUT2D eigenvalue weighted by atomic mass is 10.0. The number of hydrogen-bond donors (Lipinski definition) is 1. The highest BCUT2D eigenvalue weighted by Crippen LogP contribution is 2.36. The van der Waals surface area contributed by atoms with Gasteiger partial charge in [0.05, 0.1) is 32.8 Å². The van der Waals surface area contributed by atoms with E-state index in [2.05, 4.69) is 15.0 Å². The SMILES string of the molecule is CCc1c(-c2c(Cl)cccc2Cl)noc1C.COC(=O)CC(C)=O.O/N=C(/Cl)c1c(Cl)cccc1Cl.O=C=O. The number of carbonyl (C=O) groups excluding carboxylic acids is 4. The summed E-state index contributed by atoms with van der Waals surface area (Å²) >= 11 is 29.3. The first kappa shape index (κ1) is 36.1. The summed E-state index contributed by atoms with van der Waals surface area (Å²) in [5.41, 5.74) is 2.88. The fourth-order valence-corrected chi connectivity index (χ4v) is 4.20. The van der Waals surface area contributed by atoms with E-state index in [0.717, 1.165) is 29.0 Å². The van der Waals surface area contributed by atoms with E-state index < -0.39 is 5.97 Å². The van der Waals surface area contributed by atoms with E-state index in [-0.39, 0.29) is 23.5 Å². The van der Waals surface area contributed by atoms with Crippen molar-refractivity contribution in [2.75, 3.05) is 7.11 Å². The smallest absolute Gasteiger partial charge is 0.373 e. The van der Waals surface area contributed by atoms with Crippen molar-refractivity contribution in [3.8, 4) is 11.3 Å². The van der Waals surface area contributed by atoms with Crippen LogP contribution in [0.3, 0.4) is 0 Å². The van der Waals surface area contributed by atoms with E-state index in [4.69, 9.17) is 77.3 Å². The number of oxime groups is 1. The third-order valence-electron chi connectivity index (χ3n) is 4.42. The van der Waals surface area contributed by atoms with E-state index in [0.29, 0.717) is 25.7 Å². The topological polar surface area (TPSA) is 136 Å². The van der Waals surface area contributed by atoms with Crippen LogP contribution in [0, 0.1) is 6.92 Å². The van der Waals surface area contributed by atoms with Crippen LogP contribution in [0.2, 0.25) is 20.1 Å². The van der Waals surface area contributed by atoms with E-state index in [1.54, 1.807) is 30.3 Å². The summed E-state index contributed by atoms with van der Waals surface area (Å²) in [5.74, 6) is 0.169. The lowest BCUT2D eigenvalue weighted by Gasteiger charge is -2.04. The molecular weight excluding hydrogens is 618 g/mol. The number of ether oxygens (including phenoxy) is 1. The summed E-state index contributed by atoms with van der Waals surface area (Å²) in [7, 11) is 1.26. The number of nitrogens with zero attached hydrogens (tertiary/aromatic N) is 2. The summed E-state index contributed by atoms with van der Waals surface area (Å²) in [6.45, 7) is 5.28. The highest BCUT2D eigenvalue weighted by atomic mass is 35.5. The Labute approximate surface area is 249 Å². The zero-order valence-electron chi connectivity index (χ0n) is 21.1. The number of Topliss-reactive ketones (excluding diaryl/α,β-unsaturated/α-hetero) is 1. The van der Waals surface area contributed by atoms with Crippen LogP contribution < -0.4 is 0 Å². The number of aromatic nitrogens is 1.